The number of aryl methyl sites for hydroxylation is 1. The Morgan fingerprint density at radius 3 is 2.46 bits per heavy atom. The molecule has 0 radical (unpaired) electrons. The van der Waals surface area contributed by atoms with E-state index in [-0.39, 0.29) is 11.9 Å². The molecule has 4 heteroatoms. The fourth-order valence-corrected chi connectivity index (χ4v) is 3.44. The monoisotopic (exact) mass is 351 g/mol. The molecule has 1 unspecified atom stereocenters. The number of amides is 1. The third-order valence-corrected chi connectivity index (χ3v) is 5.07. The van der Waals surface area contributed by atoms with Gasteiger partial charge in [-0.2, -0.15) is 0 Å². The minimum Gasteiger partial charge on any atom is -0.339 e. The van der Waals surface area contributed by atoms with Crippen LogP contribution in [0.25, 0.3) is 0 Å². The summed E-state index contributed by atoms with van der Waals surface area (Å²) in [5.74, 6) is 0.197. The molecule has 0 aliphatic carbocycles. The first-order valence-electron chi connectivity index (χ1n) is 9.46. The van der Waals surface area contributed by atoms with Crippen LogP contribution in [0.1, 0.15) is 29.7 Å². The van der Waals surface area contributed by atoms with Crippen molar-refractivity contribution < 1.29 is 4.79 Å². The molecule has 0 spiro atoms. The number of benzene rings is 2. The number of piperazine rings is 1. The molecule has 2 aromatic rings. The molecule has 1 N–H and O–H groups in total. The number of rotatable bonds is 6. The Morgan fingerprint density at radius 1 is 1.04 bits per heavy atom. The highest BCUT2D eigenvalue weighted by Crippen LogP contribution is 2.12. The Balaban J connectivity index is 1.42. The van der Waals surface area contributed by atoms with E-state index in [9.17, 15) is 4.79 Å². The van der Waals surface area contributed by atoms with Crippen molar-refractivity contribution in [3.63, 3.8) is 0 Å². The zero-order valence-corrected chi connectivity index (χ0v) is 15.8. The number of carbonyl (C=O) groups excluding carboxylic acids is 1. The fraction of sp³-hybridized carbons (Fsp3) is 0.409. The molecular formula is C22H29N3O. The summed E-state index contributed by atoms with van der Waals surface area (Å²) in [5.41, 5.74) is 3.86. The molecule has 1 aliphatic rings. The van der Waals surface area contributed by atoms with E-state index in [1.165, 1.54) is 16.7 Å². The van der Waals surface area contributed by atoms with Crippen molar-refractivity contribution in [2.45, 2.75) is 26.4 Å². The van der Waals surface area contributed by atoms with Gasteiger partial charge in [0.1, 0.15) is 0 Å². The highest BCUT2D eigenvalue weighted by Gasteiger charge is 2.21. The van der Waals surface area contributed by atoms with Gasteiger partial charge in [-0.05, 0) is 25.0 Å². The van der Waals surface area contributed by atoms with Crippen LogP contribution in [-0.4, -0.2) is 48.4 Å². The lowest BCUT2D eigenvalue weighted by Gasteiger charge is -2.35. The summed E-state index contributed by atoms with van der Waals surface area (Å²) in [7, 11) is 0. The van der Waals surface area contributed by atoms with Crippen LogP contribution in [0.3, 0.4) is 0 Å². The maximum Gasteiger partial charge on any atom is 0.236 e. The molecule has 1 saturated heterocycles. The van der Waals surface area contributed by atoms with Crippen LogP contribution < -0.4 is 5.32 Å². The van der Waals surface area contributed by atoms with Crippen LogP contribution in [0.5, 0.6) is 0 Å². The summed E-state index contributed by atoms with van der Waals surface area (Å²) < 4.78 is 0. The predicted molar refractivity (Wildman–Crippen MR) is 106 cm³/mol. The zero-order chi connectivity index (χ0) is 18.4. The van der Waals surface area contributed by atoms with E-state index in [4.69, 9.17) is 0 Å². The molecule has 1 amide bonds. The summed E-state index contributed by atoms with van der Waals surface area (Å²) in [4.78, 5) is 16.9. The second-order valence-corrected chi connectivity index (χ2v) is 7.16. The highest BCUT2D eigenvalue weighted by atomic mass is 16.2. The average Bonchev–Trinajstić information content (AvgIpc) is 2.67. The lowest BCUT2D eigenvalue weighted by molar-refractivity contribution is -0.132. The normalized spacial score (nSPS) is 16.5. The van der Waals surface area contributed by atoms with Crippen LogP contribution in [0.4, 0.5) is 0 Å². The van der Waals surface area contributed by atoms with E-state index >= 15 is 0 Å². The number of hydrogen-bond acceptors (Lipinski definition) is 3. The molecule has 1 atom stereocenters. The van der Waals surface area contributed by atoms with Crippen LogP contribution in [0, 0.1) is 6.92 Å². The third kappa shape index (κ3) is 5.16. The standard InChI is InChI=1S/C22H29N3O/c1-18-7-6-8-20(15-18)17-24-11-13-25(14-12-24)22(26)16-23-19(2)21-9-4-3-5-10-21/h3-10,15,19,23H,11-14,16-17H2,1-2H3. The number of hydrogen-bond donors (Lipinski definition) is 1. The van der Waals surface area contributed by atoms with Crippen LogP contribution in [0.15, 0.2) is 54.6 Å². The van der Waals surface area contributed by atoms with Gasteiger partial charge in [-0.25, -0.2) is 0 Å². The zero-order valence-electron chi connectivity index (χ0n) is 15.8. The average molecular weight is 351 g/mol. The topological polar surface area (TPSA) is 35.6 Å². The number of nitrogens with zero attached hydrogens (tertiary/aromatic N) is 2. The molecule has 138 valence electrons. The second-order valence-electron chi connectivity index (χ2n) is 7.16. The van der Waals surface area contributed by atoms with Crippen molar-refractivity contribution in [2.24, 2.45) is 0 Å². The Kier molecular flexibility index (Phi) is 6.42. The first-order valence-corrected chi connectivity index (χ1v) is 9.46. The largest absolute Gasteiger partial charge is 0.339 e. The summed E-state index contributed by atoms with van der Waals surface area (Å²) in [6.07, 6.45) is 0. The van der Waals surface area contributed by atoms with Gasteiger partial charge in [-0.1, -0.05) is 60.2 Å². The lowest BCUT2D eigenvalue weighted by atomic mass is 10.1. The van der Waals surface area contributed by atoms with Crippen LogP contribution >= 0.6 is 0 Å². The van der Waals surface area contributed by atoms with Gasteiger partial charge < -0.3 is 10.2 Å². The Labute approximate surface area is 156 Å². The minimum atomic E-state index is 0.183. The number of nitrogens with one attached hydrogen (secondary N) is 1. The summed E-state index contributed by atoms with van der Waals surface area (Å²) in [5, 5.41) is 3.35. The molecular weight excluding hydrogens is 322 g/mol. The first-order chi connectivity index (χ1) is 12.6. The van der Waals surface area contributed by atoms with E-state index in [0.717, 1.165) is 32.7 Å². The minimum absolute atomic E-state index is 0.183. The Bertz CT molecular complexity index is 708. The Hall–Kier alpha value is -2.17. The first kappa shape index (κ1) is 18.6. The van der Waals surface area contributed by atoms with Gasteiger partial charge in [0, 0.05) is 38.8 Å². The van der Waals surface area contributed by atoms with Crippen molar-refractivity contribution in [3.8, 4) is 0 Å². The number of carbonyl (C=O) groups is 1. The molecule has 0 aromatic heterocycles. The maximum absolute atomic E-state index is 12.5. The van der Waals surface area contributed by atoms with Gasteiger partial charge in [-0.3, -0.25) is 9.69 Å². The molecule has 1 aliphatic heterocycles. The lowest BCUT2D eigenvalue weighted by Crippen LogP contribution is -2.50. The predicted octanol–water partition coefficient (Wildman–Crippen LogP) is 2.99. The van der Waals surface area contributed by atoms with Gasteiger partial charge >= 0.3 is 0 Å². The van der Waals surface area contributed by atoms with Crippen molar-refractivity contribution >= 4 is 5.91 Å². The Morgan fingerprint density at radius 2 is 1.77 bits per heavy atom. The molecule has 0 saturated carbocycles. The van der Waals surface area contributed by atoms with Crippen molar-refractivity contribution in [2.75, 3.05) is 32.7 Å². The molecule has 4 nitrogen and oxygen atoms in total. The van der Waals surface area contributed by atoms with Gasteiger partial charge in [0.05, 0.1) is 6.54 Å². The van der Waals surface area contributed by atoms with E-state index in [1.807, 2.05) is 23.1 Å². The van der Waals surface area contributed by atoms with E-state index < -0.39 is 0 Å². The van der Waals surface area contributed by atoms with Gasteiger partial charge in [0.25, 0.3) is 0 Å². The SMILES string of the molecule is Cc1cccc(CN2CCN(C(=O)CNC(C)c3ccccc3)CC2)c1. The second kappa shape index (κ2) is 8.97. The highest BCUT2D eigenvalue weighted by molar-refractivity contribution is 5.78. The van der Waals surface area contributed by atoms with E-state index in [1.54, 1.807) is 0 Å². The van der Waals surface area contributed by atoms with Gasteiger partial charge in [-0.15, -0.1) is 0 Å². The van der Waals surface area contributed by atoms with Crippen molar-refractivity contribution in [1.82, 2.24) is 15.1 Å². The molecule has 1 fully saturated rings. The molecule has 0 bridgehead atoms. The van der Waals surface area contributed by atoms with Crippen molar-refractivity contribution in [1.29, 1.82) is 0 Å². The van der Waals surface area contributed by atoms with Crippen LogP contribution in [0.2, 0.25) is 0 Å². The third-order valence-electron chi connectivity index (χ3n) is 5.07. The van der Waals surface area contributed by atoms with E-state index in [2.05, 4.69) is 60.5 Å². The molecule has 26 heavy (non-hydrogen) atoms. The smallest absolute Gasteiger partial charge is 0.236 e. The summed E-state index contributed by atoms with van der Waals surface area (Å²) in [6.45, 7) is 9.09. The fourth-order valence-electron chi connectivity index (χ4n) is 3.44. The van der Waals surface area contributed by atoms with Crippen molar-refractivity contribution in [3.05, 3.63) is 71.3 Å². The quantitative estimate of drug-likeness (QED) is 0.869. The molecule has 3 rings (SSSR count). The summed E-state index contributed by atoms with van der Waals surface area (Å²) in [6, 6.07) is 19.1. The van der Waals surface area contributed by atoms with Crippen LogP contribution in [-0.2, 0) is 11.3 Å². The molecule has 1 heterocycles. The van der Waals surface area contributed by atoms with Gasteiger partial charge in [0.15, 0.2) is 0 Å². The maximum atomic E-state index is 12.5. The molecule has 2 aromatic carbocycles. The van der Waals surface area contributed by atoms with Gasteiger partial charge in [0.2, 0.25) is 5.91 Å². The summed E-state index contributed by atoms with van der Waals surface area (Å²) >= 11 is 0. The van der Waals surface area contributed by atoms with E-state index in [0.29, 0.717) is 6.54 Å².